The molecule has 6 heteroatoms. The third kappa shape index (κ3) is 5.97. The smallest absolute Gasteiger partial charge is 0.234 e. The van der Waals surface area contributed by atoms with Gasteiger partial charge in [-0.25, -0.2) is 0 Å². The van der Waals surface area contributed by atoms with Crippen molar-refractivity contribution >= 4 is 29.3 Å². The number of thioether (sulfide) groups is 1. The maximum atomic E-state index is 11.7. The molecule has 0 aliphatic carbocycles. The van der Waals surface area contributed by atoms with Crippen molar-refractivity contribution in [3.05, 3.63) is 60.4 Å². The number of nitrogens with zero attached hydrogens (tertiary/aromatic N) is 1. The summed E-state index contributed by atoms with van der Waals surface area (Å²) in [5, 5.41) is 5.58. The largest absolute Gasteiger partial charge is 0.351 e. The van der Waals surface area contributed by atoms with E-state index in [0.29, 0.717) is 6.54 Å². The molecule has 2 N–H and O–H groups in total. The fraction of sp³-hybridized carbons (Fsp3) is 0.188. The van der Waals surface area contributed by atoms with Crippen molar-refractivity contribution in [2.24, 2.45) is 0 Å². The van der Waals surface area contributed by atoms with Crippen molar-refractivity contribution in [2.45, 2.75) is 6.54 Å². The lowest BCUT2D eigenvalue weighted by atomic mass is 10.3. The van der Waals surface area contributed by atoms with Gasteiger partial charge in [0.25, 0.3) is 0 Å². The monoisotopic (exact) mass is 315 g/mol. The molecule has 0 fully saturated rings. The topological polar surface area (TPSA) is 71.1 Å². The standard InChI is InChI=1S/C16H17N3O2S/c20-15(18-10-13-6-8-17-9-7-13)11-22-12-16(21)19-14-4-2-1-3-5-14/h1-9H,10-12H2,(H,18,20)(H,19,21). The van der Waals surface area contributed by atoms with Crippen molar-refractivity contribution < 1.29 is 9.59 Å². The van der Waals surface area contributed by atoms with Crippen LogP contribution in [0.5, 0.6) is 0 Å². The predicted molar refractivity (Wildman–Crippen MR) is 88.5 cm³/mol. The first-order valence-electron chi connectivity index (χ1n) is 6.82. The van der Waals surface area contributed by atoms with Crippen molar-refractivity contribution in [3.63, 3.8) is 0 Å². The lowest BCUT2D eigenvalue weighted by Crippen LogP contribution is -2.25. The quantitative estimate of drug-likeness (QED) is 0.820. The van der Waals surface area contributed by atoms with E-state index in [1.165, 1.54) is 11.8 Å². The van der Waals surface area contributed by atoms with Crippen molar-refractivity contribution in [3.8, 4) is 0 Å². The molecule has 1 aromatic carbocycles. The number of nitrogens with one attached hydrogen (secondary N) is 2. The molecule has 0 saturated carbocycles. The van der Waals surface area contributed by atoms with E-state index in [1.807, 2.05) is 42.5 Å². The minimum Gasteiger partial charge on any atom is -0.351 e. The number of carbonyl (C=O) groups excluding carboxylic acids is 2. The summed E-state index contributed by atoms with van der Waals surface area (Å²) in [6, 6.07) is 12.9. The number of benzene rings is 1. The Hall–Kier alpha value is -2.34. The van der Waals surface area contributed by atoms with Gasteiger partial charge in [0.2, 0.25) is 11.8 Å². The van der Waals surface area contributed by atoms with E-state index in [1.54, 1.807) is 12.4 Å². The van der Waals surface area contributed by atoms with E-state index < -0.39 is 0 Å². The first kappa shape index (κ1) is 16.0. The zero-order valence-electron chi connectivity index (χ0n) is 12.0. The van der Waals surface area contributed by atoms with E-state index >= 15 is 0 Å². The van der Waals surface area contributed by atoms with Gasteiger partial charge in [0.1, 0.15) is 0 Å². The maximum absolute atomic E-state index is 11.7. The second-order valence-corrected chi connectivity index (χ2v) is 5.52. The van der Waals surface area contributed by atoms with Crippen molar-refractivity contribution in [2.75, 3.05) is 16.8 Å². The number of pyridine rings is 1. The Morgan fingerprint density at radius 3 is 2.36 bits per heavy atom. The Balaban J connectivity index is 1.61. The van der Waals surface area contributed by atoms with Crippen LogP contribution in [-0.4, -0.2) is 28.3 Å². The van der Waals surface area contributed by atoms with E-state index in [4.69, 9.17) is 0 Å². The number of rotatable bonds is 7. The third-order valence-corrected chi connectivity index (χ3v) is 3.70. The second-order valence-electron chi connectivity index (χ2n) is 4.54. The van der Waals surface area contributed by atoms with Gasteiger partial charge in [0, 0.05) is 24.6 Å². The molecule has 22 heavy (non-hydrogen) atoms. The van der Waals surface area contributed by atoms with Crippen LogP contribution in [-0.2, 0) is 16.1 Å². The van der Waals surface area contributed by atoms with Gasteiger partial charge >= 0.3 is 0 Å². The van der Waals surface area contributed by atoms with Gasteiger partial charge in [0.05, 0.1) is 11.5 Å². The molecule has 0 saturated heterocycles. The highest BCUT2D eigenvalue weighted by Gasteiger charge is 2.06. The third-order valence-electron chi connectivity index (χ3n) is 2.76. The second kappa shape index (κ2) is 8.84. The van der Waals surface area contributed by atoms with Crippen LogP contribution < -0.4 is 10.6 Å². The average Bonchev–Trinajstić information content (AvgIpc) is 2.55. The first-order chi connectivity index (χ1) is 10.7. The summed E-state index contributed by atoms with van der Waals surface area (Å²) in [7, 11) is 0. The molecule has 2 rings (SSSR count). The lowest BCUT2D eigenvalue weighted by molar-refractivity contribution is -0.118. The zero-order valence-corrected chi connectivity index (χ0v) is 12.8. The van der Waals surface area contributed by atoms with E-state index in [9.17, 15) is 9.59 Å². The summed E-state index contributed by atoms with van der Waals surface area (Å²) < 4.78 is 0. The van der Waals surface area contributed by atoms with Gasteiger partial charge in [-0.1, -0.05) is 18.2 Å². The molecular weight excluding hydrogens is 298 g/mol. The summed E-state index contributed by atoms with van der Waals surface area (Å²) in [6.45, 7) is 0.470. The maximum Gasteiger partial charge on any atom is 0.234 e. The predicted octanol–water partition coefficient (Wildman–Crippen LogP) is 2.07. The van der Waals surface area contributed by atoms with Gasteiger partial charge in [-0.05, 0) is 29.8 Å². The van der Waals surface area contributed by atoms with Gasteiger partial charge in [0.15, 0.2) is 0 Å². The van der Waals surface area contributed by atoms with E-state index in [2.05, 4.69) is 15.6 Å². The van der Waals surface area contributed by atoms with E-state index in [0.717, 1.165) is 11.3 Å². The summed E-state index contributed by atoms with van der Waals surface area (Å²) in [6.07, 6.45) is 3.37. The van der Waals surface area contributed by atoms with Crippen molar-refractivity contribution in [1.29, 1.82) is 0 Å². The summed E-state index contributed by atoms with van der Waals surface area (Å²) >= 11 is 1.29. The number of aromatic nitrogens is 1. The average molecular weight is 315 g/mol. The highest BCUT2D eigenvalue weighted by molar-refractivity contribution is 8.00. The number of para-hydroxylation sites is 1. The Labute approximate surface area is 133 Å². The molecule has 2 aromatic rings. The summed E-state index contributed by atoms with van der Waals surface area (Å²) in [4.78, 5) is 27.3. The molecule has 2 amide bonds. The molecule has 1 aromatic heterocycles. The Morgan fingerprint density at radius 1 is 0.955 bits per heavy atom. The van der Waals surface area contributed by atoms with Crippen molar-refractivity contribution in [1.82, 2.24) is 10.3 Å². The normalized spacial score (nSPS) is 10.0. The fourth-order valence-corrected chi connectivity index (χ4v) is 2.35. The van der Waals surface area contributed by atoms with Gasteiger partial charge in [-0.2, -0.15) is 0 Å². The highest BCUT2D eigenvalue weighted by atomic mass is 32.2. The number of hydrogen-bond acceptors (Lipinski definition) is 4. The molecule has 0 unspecified atom stereocenters. The minimum absolute atomic E-state index is 0.0886. The van der Waals surface area contributed by atoms with Crippen LogP contribution in [0.15, 0.2) is 54.9 Å². The van der Waals surface area contributed by atoms with Crippen LogP contribution in [0.25, 0.3) is 0 Å². The van der Waals surface area contributed by atoms with Crippen LogP contribution in [0.1, 0.15) is 5.56 Å². The zero-order chi connectivity index (χ0) is 15.6. The highest BCUT2D eigenvalue weighted by Crippen LogP contribution is 2.07. The number of hydrogen-bond donors (Lipinski definition) is 2. The van der Waals surface area contributed by atoms with Crippen LogP contribution in [0.4, 0.5) is 5.69 Å². The molecule has 0 atom stereocenters. The van der Waals surface area contributed by atoms with Gasteiger partial charge < -0.3 is 10.6 Å². The molecule has 1 heterocycles. The summed E-state index contributed by atoms with van der Waals surface area (Å²) in [5.74, 6) is 0.303. The SMILES string of the molecule is O=C(CSCC(=O)Nc1ccccc1)NCc1ccncc1. The van der Waals surface area contributed by atoms with Gasteiger partial charge in [-0.15, -0.1) is 11.8 Å². The van der Waals surface area contributed by atoms with Crippen LogP contribution >= 0.6 is 11.8 Å². The first-order valence-corrected chi connectivity index (χ1v) is 7.98. The van der Waals surface area contributed by atoms with Crippen LogP contribution in [0, 0.1) is 0 Å². The molecule has 5 nitrogen and oxygen atoms in total. The van der Waals surface area contributed by atoms with Crippen LogP contribution in [0.2, 0.25) is 0 Å². The summed E-state index contributed by atoms with van der Waals surface area (Å²) in [5.41, 5.74) is 1.76. The Kier molecular flexibility index (Phi) is 6.44. The Bertz CT molecular complexity index is 605. The van der Waals surface area contributed by atoms with E-state index in [-0.39, 0.29) is 23.3 Å². The molecule has 0 spiro atoms. The molecule has 0 aliphatic rings. The number of carbonyl (C=O) groups is 2. The molecule has 0 radical (unpaired) electrons. The number of anilines is 1. The molecular formula is C16H17N3O2S. The number of amides is 2. The Morgan fingerprint density at radius 2 is 1.64 bits per heavy atom. The minimum atomic E-state index is -0.113. The molecule has 114 valence electrons. The molecule has 0 aliphatic heterocycles. The lowest BCUT2D eigenvalue weighted by Gasteiger charge is -2.06. The fourth-order valence-electron chi connectivity index (χ4n) is 1.71. The molecule has 0 bridgehead atoms. The van der Waals surface area contributed by atoms with Gasteiger partial charge in [-0.3, -0.25) is 14.6 Å². The van der Waals surface area contributed by atoms with Crippen LogP contribution in [0.3, 0.4) is 0 Å².